The van der Waals surface area contributed by atoms with Gasteiger partial charge in [-0.05, 0) is 75.5 Å². The van der Waals surface area contributed by atoms with Gasteiger partial charge in [-0.1, -0.05) is 54.6 Å². The Labute approximate surface area is 232 Å². The van der Waals surface area contributed by atoms with Crippen LogP contribution in [0.2, 0.25) is 0 Å². The number of rotatable bonds is 7. The lowest BCUT2D eigenvalue weighted by atomic mass is 9.80. The predicted molar refractivity (Wildman–Crippen MR) is 157 cm³/mol. The molecule has 5 rings (SSSR count). The van der Waals surface area contributed by atoms with E-state index in [4.69, 9.17) is 10.7 Å². The minimum Gasteiger partial charge on any atom is -0.342 e. The molecular weight excluding hydrogens is 484 g/mol. The van der Waals surface area contributed by atoms with Crippen molar-refractivity contribution in [3.8, 4) is 22.4 Å². The molecule has 2 fully saturated rings. The van der Waals surface area contributed by atoms with Crippen LogP contribution in [0, 0.1) is 11.8 Å². The zero-order valence-corrected chi connectivity index (χ0v) is 23.2. The van der Waals surface area contributed by atoms with Crippen molar-refractivity contribution in [3.05, 3.63) is 72.4 Å². The van der Waals surface area contributed by atoms with Crippen molar-refractivity contribution in [3.63, 3.8) is 0 Å². The third-order valence-electron chi connectivity index (χ3n) is 8.25. The van der Waals surface area contributed by atoms with Gasteiger partial charge in [-0.25, -0.2) is 0 Å². The molecule has 2 heterocycles. The van der Waals surface area contributed by atoms with Gasteiger partial charge in [0.25, 0.3) is 0 Å². The normalized spacial score (nSPS) is 19.6. The van der Waals surface area contributed by atoms with E-state index in [0.717, 1.165) is 79.6 Å². The van der Waals surface area contributed by atoms with E-state index in [9.17, 15) is 9.59 Å². The lowest BCUT2D eigenvalue weighted by molar-refractivity contribution is -0.135. The largest absolute Gasteiger partial charge is 0.342 e. The lowest BCUT2D eigenvalue weighted by Gasteiger charge is -2.30. The number of pyridine rings is 1. The van der Waals surface area contributed by atoms with Crippen LogP contribution in [0.1, 0.15) is 64.4 Å². The highest BCUT2D eigenvalue weighted by atomic mass is 16.2. The van der Waals surface area contributed by atoms with Gasteiger partial charge in [0.05, 0.1) is 17.6 Å². The first kappa shape index (κ1) is 27.1. The summed E-state index contributed by atoms with van der Waals surface area (Å²) in [5.41, 5.74) is 11.5. The maximum atomic E-state index is 13.0. The Bertz CT molecular complexity index is 1280. The number of likely N-dealkylation sites (tertiary alicyclic amines) is 1. The van der Waals surface area contributed by atoms with E-state index in [2.05, 4.69) is 41.7 Å². The number of hydrogen-bond acceptors (Lipinski definition) is 4. The standard InChI is InChI=1S/C33H40N4O2/c1-33(2,34)27-16-14-25(15-17-27)31-29(24-8-4-3-5-9-24)21-28(22-35-31)36-30(38)20-23-10-12-26(13-11-23)32(39)37-18-6-7-19-37/h3-5,8-9,14-17,21-23,26H,6-7,10-13,18-20,34H2,1-2H3,(H,36,38)/t23-,26-. The first-order valence-corrected chi connectivity index (χ1v) is 14.3. The second-order valence-electron chi connectivity index (χ2n) is 11.8. The van der Waals surface area contributed by atoms with Gasteiger partial charge in [0.2, 0.25) is 11.8 Å². The van der Waals surface area contributed by atoms with Crippen LogP contribution < -0.4 is 11.1 Å². The maximum absolute atomic E-state index is 13.0. The van der Waals surface area contributed by atoms with Crippen molar-refractivity contribution in [1.82, 2.24) is 9.88 Å². The molecule has 0 spiro atoms. The van der Waals surface area contributed by atoms with Crippen molar-refractivity contribution in [1.29, 1.82) is 0 Å². The second-order valence-corrected chi connectivity index (χ2v) is 11.8. The second kappa shape index (κ2) is 11.7. The van der Waals surface area contributed by atoms with Crippen molar-refractivity contribution in [2.24, 2.45) is 17.6 Å². The molecule has 1 aliphatic carbocycles. The Kier molecular flexibility index (Phi) is 8.12. The number of benzene rings is 2. The van der Waals surface area contributed by atoms with Crippen LogP contribution in [0.25, 0.3) is 22.4 Å². The Hall–Kier alpha value is -3.51. The molecule has 6 nitrogen and oxygen atoms in total. The molecule has 1 saturated carbocycles. The third kappa shape index (κ3) is 6.56. The van der Waals surface area contributed by atoms with Crippen molar-refractivity contribution < 1.29 is 9.59 Å². The number of anilines is 1. The summed E-state index contributed by atoms with van der Waals surface area (Å²) in [5.74, 6) is 0.792. The van der Waals surface area contributed by atoms with Gasteiger partial charge in [0.15, 0.2) is 0 Å². The van der Waals surface area contributed by atoms with Gasteiger partial charge in [-0.15, -0.1) is 0 Å². The van der Waals surface area contributed by atoms with Crippen LogP contribution in [0.5, 0.6) is 0 Å². The fourth-order valence-corrected chi connectivity index (χ4v) is 5.94. The highest BCUT2D eigenvalue weighted by Crippen LogP contribution is 2.35. The number of nitrogens with one attached hydrogen (secondary N) is 1. The molecule has 204 valence electrons. The Morgan fingerprint density at radius 3 is 2.26 bits per heavy atom. The molecule has 0 atom stereocenters. The maximum Gasteiger partial charge on any atom is 0.225 e. The van der Waals surface area contributed by atoms with Gasteiger partial charge in [-0.3, -0.25) is 14.6 Å². The molecule has 2 aromatic carbocycles. The SMILES string of the molecule is CC(C)(N)c1ccc(-c2ncc(NC(=O)C[C@H]3CC[C@H](C(=O)N4CCCC4)CC3)cc2-c2ccccc2)cc1. The molecule has 1 aromatic heterocycles. The molecule has 39 heavy (non-hydrogen) atoms. The smallest absolute Gasteiger partial charge is 0.225 e. The molecule has 3 N–H and O–H groups in total. The van der Waals surface area contributed by atoms with E-state index in [-0.39, 0.29) is 11.8 Å². The molecular formula is C33H40N4O2. The third-order valence-corrected chi connectivity index (χ3v) is 8.25. The summed E-state index contributed by atoms with van der Waals surface area (Å²) < 4.78 is 0. The molecule has 1 aliphatic heterocycles. The number of aromatic nitrogens is 1. The van der Waals surface area contributed by atoms with Gasteiger partial charge in [0.1, 0.15) is 0 Å². The van der Waals surface area contributed by atoms with Gasteiger partial charge >= 0.3 is 0 Å². The van der Waals surface area contributed by atoms with E-state index in [1.54, 1.807) is 6.20 Å². The Balaban J connectivity index is 1.26. The first-order chi connectivity index (χ1) is 18.8. The zero-order valence-electron chi connectivity index (χ0n) is 23.2. The fourth-order valence-electron chi connectivity index (χ4n) is 5.94. The number of nitrogens with two attached hydrogens (primary N) is 1. The minimum atomic E-state index is -0.412. The van der Waals surface area contributed by atoms with Crippen molar-refractivity contribution >= 4 is 17.5 Å². The predicted octanol–water partition coefficient (Wildman–Crippen LogP) is 6.37. The number of carbonyl (C=O) groups excluding carboxylic acids is 2. The molecule has 2 aliphatic rings. The summed E-state index contributed by atoms with van der Waals surface area (Å²) >= 11 is 0. The molecule has 2 amide bonds. The molecule has 1 saturated heterocycles. The lowest BCUT2D eigenvalue weighted by Crippen LogP contribution is -2.36. The van der Waals surface area contributed by atoms with Crippen LogP contribution in [0.3, 0.4) is 0 Å². The van der Waals surface area contributed by atoms with E-state index >= 15 is 0 Å². The number of carbonyl (C=O) groups is 2. The summed E-state index contributed by atoms with van der Waals surface area (Å²) in [6, 6.07) is 20.4. The molecule has 0 unspecified atom stereocenters. The Morgan fingerprint density at radius 1 is 0.949 bits per heavy atom. The summed E-state index contributed by atoms with van der Waals surface area (Å²) in [7, 11) is 0. The quantitative estimate of drug-likeness (QED) is 0.376. The Morgan fingerprint density at radius 2 is 1.62 bits per heavy atom. The van der Waals surface area contributed by atoms with Gasteiger partial charge in [0, 0.05) is 42.1 Å². The van der Waals surface area contributed by atoms with Crippen LogP contribution in [-0.4, -0.2) is 34.8 Å². The van der Waals surface area contributed by atoms with Gasteiger partial charge in [-0.2, -0.15) is 0 Å². The van der Waals surface area contributed by atoms with E-state index in [1.807, 2.05) is 43.0 Å². The summed E-state index contributed by atoms with van der Waals surface area (Å²) in [6.45, 7) is 5.81. The van der Waals surface area contributed by atoms with E-state index < -0.39 is 5.54 Å². The zero-order chi connectivity index (χ0) is 27.4. The van der Waals surface area contributed by atoms with Crippen LogP contribution >= 0.6 is 0 Å². The molecule has 0 radical (unpaired) electrons. The summed E-state index contributed by atoms with van der Waals surface area (Å²) in [5, 5.41) is 3.09. The van der Waals surface area contributed by atoms with Crippen molar-refractivity contribution in [2.75, 3.05) is 18.4 Å². The highest BCUT2D eigenvalue weighted by Gasteiger charge is 2.31. The van der Waals surface area contributed by atoms with E-state index in [0.29, 0.717) is 23.9 Å². The monoisotopic (exact) mass is 524 g/mol. The summed E-state index contributed by atoms with van der Waals surface area (Å²) in [4.78, 5) is 32.6. The van der Waals surface area contributed by atoms with E-state index in [1.165, 1.54) is 0 Å². The molecule has 3 aromatic rings. The summed E-state index contributed by atoms with van der Waals surface area (Å²) in [6.07, 6.45) is 8.11. The molecule has 0 bridgehead atoms. The van der Waals surface area contributed by atoms with Gasteiger partial charge < -0.3 is 16.0 Å². The molecule has 6 heteroatoms. The topological polar surface area (TPSA) is 88.3 Å². The number of nitrogens with zero attached hydrogens (tertiary/aromatic N) is 2. The fraction of sp³-hybridized carbons (Fsp3) is 0.424. The number of amides is 2. The van der Waals surface area contributed by atoms with Crippen LogP contribution in [-0.2, 0) is 15.1 Å². The van der Waals surface area contributed by atoms with Crippen molar-refractivity contribution in [2.45, 2.75) is 64.3 Å². The highest BCUT2D eigenvalue weighted by molar-refractivity contribution is 5.93. The first-order valence-electron chi connectivity index (χ1n) is 14.3. The van der Waals surface area contributed by atoms with Crippen LogP contribution in [0.4, 0.5) is 5.69 Å². The minimum absolute atomic E-state index is 0.00686. The average Bonchev–Trinajstić information content (AvgIpc) is 3.48. The average molecular weight is 525 g/mol. The number of hydrogen-bond donors (Lipinski definition) is 2. The van der Waals surface area contributed by atoms with Crippen LogP contribution in [0.15, 0.2) is 66.9 Å².